The third kappa shape index (κ3) is 2.36. The Hall–Kier alpha value is -2.14. The van der Waals surface area contributed by atoms with Gasteiger partial charge in [0.1, 0.15) is 11.1 Å². The molecule has 1 heterocycles. The van der Waals surface area contributed by atoms with Gasteiger partial charge in [-0.1, -0.05) is 18.2 Å². The van der Waals surface area contributed by atoms with Crippen molar-refractivity contribution in [2.24, 2.45) is 17.8 Å². The largest absolute Gasteiger partial charge is 0.422 e. The summed E-state index contributed by atoms with van der Waals surface area (Å²) >= 11 is 0. The van der Waals surface area contributed by atoms with Crippen molar-refractivity contribution in [3.05, 3.63) is 46.3 Å². The first-order chi connectivity index (χ1) is 11.2. The molecule has 2 aliphatic carbocycles. The fraction of sp³-hybridized carbons (Fsp3) is 0.444. The quantitative estimate of drug-likeness (QED) is 0.849. The van der Waals surface area contributed by atoms with Crippen molar-refractivity contribution in [2.75, 3.05) is 6.61 Å². The summed E-state index contributed by atoms with van der Waals surface area (Å²) in [5.74, 6) is 0.600. The number of benzene rings is 1. The van der Waals surface area contributed by atoms with Crippen LogP contribution in [0.15, 0.2) is 39.5 Å². The zero-order valence-corrected chi connectivity index (χ0v) is 12.7. The summed E-state index contributed by atoms with van der Waals surface area (Å²) in [4.78, 5) is 24.6. The molecule has 0 radical (unpaired) electrons. The van der Waals surface area contributed by atoms with Gasteiger partial charge < -0.3 is 14.8 Å². The van der Waals surface area contributed by atoms with E-state index in [-0.39, 0.29) is 24.1 Å². The lowest BCUT2D eigenvalue weighted by Gasteiger charge is -2.30. The van der Waals surface area contributed by atoms with Crippen molar-refractivity contribution in [1.82, 2.24) is 5.32 Å². The highest BCUT2D eigenvalue weighted by Gasteiger charge is 2.47. The van der Waals surface area contributed by atoms with Crippen molar-refractivity contribution in [1.29, 1.82) is 0 Å². The monoisotopic (exact) mass is 313 g/mol. The number of carbonyl (C=O) groups is 1. The van der Waals surface area contributed by atoms with E-state index in [4.69, 9.17) is 4.42 Å². The molecule has 4 rings (SSSR count). The number of hydrogen-bond donors (Lipinski definition) is 2. The number of nitrogens with one attached hydrogen (secondary N) is 1. The molecule has 2 aliphatic rings. The fourth-order valence-corrected chi connectivity index (χ4v) is 4.35. The zero-order chi connectivity index (χ0) is 16.0. The summed E-state index contributed by atoms with van der Waals surface area (Å²) < 4.78 is 5.23. The van der Waals surface area contributed by atoms with E-state index >= 15 is 0 Å². The first-order valence-electron chi connectivity index (χ1n) is 8.12. The molecular formula is C18H19NO4. The van der Waals surface area contributed by atoms with Crippen LogP contribution in [0.4, 0.5) is 0 Å². The fourth-order valence-electron chi connectivity index (χ4n) is 4.35. The highest BCUT2D eigenvalue weighted by Crippen LogP contribution is 2.48. The molecule has 1 amide bonds. The molecule has 4 atom stereocenters. The minimum Gasteiger partial charge on any atom is -0.422 e. The second-order valence-corrected chi connectivity index (χ2v) is 6.66. The summed E-state index contributed by atoms with van der Waals surface area (Å²) in [6.07, 6.45) is 3.27. The van der Waals surface area contributed by atoms with Crippen LogP contribution in [-0.4, -0.2) is 23.7 Å². The van der Waals surface area contributed by atoms with E-state index in [2.05, 4.69) is 5.32 Å². The molecule has 23 heavy (non-hydrogen) atoms. The van der Waals surface area contributed by atoms with E-state index in [1.807, 2.05) is 12.1 Å². The van der Waals surface area contributed by atoms with Gasteiger partial charge in [0.05, 0.1) is 0 Å². The minimum atomic E-state index is -0.620. The number of amides is 1. The second-order valence-electron chi connectivity index (χ2n) is 6.66. The topological polar surface area (TPSA) is 79.5 Å². The highest BCUT2D eigenvalue weighted by molar-refractivity contribution is 5.96. The Bertz CT molecular complexity index is 812. The molecule has 1 aromatic heterocycles. The third-order valence-corrected chi connectivity index (χ3v) is 5.48. The van der Waals surface area contributed by atoms with E-state index in [9.17, 15) is 14.7 Å². The minimum absolute atomic E-state index is 0.0307. The van der Waals surface area contributed by atoms with Gasteiger partial charge in [-0.05, 0) is 43.2 Å². The van der Waals surface area contributed by atoms with Crippen LogP contribution >= 0.6 is 0 Å². The molecule has 0 aliphatic heterocycles. The molecule has 120 valence electrons. The lowest BCUT2D eigenvalue weighted by Crippen LogP contribution is -2.46. The Morgan fingerprint density at radius 2 is 2.04 bits per heavy atom. The molecule has 4 unspecified atom stereocenters. The number of hydrogen-bond acceptors (Lipinski definition) is 4. The summed E-state index contributed by atoms with van der Waals surface area (Å²) in [7, 11) is 0. The number of para-hydroxylation sites is 1. The molecule has 0 spiro atoms. The van der Waals surface area contributed by atoms with Crippen LogP contribution in [0.2, 0.25) is 0 Å². The Morgan fingerprint density at radius 1 is 1.26 bits per heavy atom. The summed E-state index contributed by atoms with van der Waals surface area (Å²) in [5, 5.41) is 13.3. The van der Waals surface area contributed by atoms with Crippen LogP contribution in [0.5, 0.6) is 0 Å². The summed E-state index contributed by atoms with van der Waals surface area (Å²) in [5.41, 5.74) is -0.115. The number of aliphatic hydroxyl groups is 1. The third-order valence-electron chi connectivity index (χ3n) is 5.48. The van der Waals surface area contributed by atoms with Gasteiger partial charge >= 0.3 is 5.63 Å². The van der Waals surface area contributed by atoms with Crippen LogP contribution in [0.3, 0.4) is 0 Å². The van der Waals surface area contributed by atoms with Gasteiger partial charge in [-0.3, -0.25) is 4.79 Å². The van der Waals surface area contributed by atoms with E-state index in [0.717, 1.165) is 24.6 Å². The standard InChI is InChI=1S/C18H19NO4/c20-9-14-10-5-6-12(7-10)16(14)19-17(21)13-8-11-3-1-2-4-15(11)23-18(13)22/h1-4,8,10,12,14,16,20H,5-7,9H2,(H,19,21). The van der Waals surface area contributed by atoms with Gasteiger partial charge in [-0.25, -0.2) is 4.79 Å². The van der Waals surface area contributed by atoms with E-state index in [1.54, 1.807) is 18.2 Å². The van der Waals surface area contributed by atoms with Gasteiger partial charge in [-0.15, -0.1) is 0 Å². The van der Waals surface area contributed by atoms with Gasteiger partial charge in [-0.2, -0.15) is 0 Å². The molecule has 2 saturated carbocycles. The first-order valence-corrected chi connectivity index (χ1v) is 8.12. The molecule has 5 heteroatoms. The average molecular weight is 313 g/mol. The maximum atomic E-state index is 12.6. The molecule has 2 fully saturated rings. The smallest absolute Gasteiger partial charge is 0.349 e. The summed E-state index contributed by atoms with van der Waals surface area (Å²) in [6, 6.07) is 8.67. The van der Waals surface area contributed by atoms with Crippen molar-refractivity contribution in [2.45, 2.75) is 25.3 Å². The Kier molecular flexibility index (Phi) is 3.45. The average Bonchev–Trinajstić information content (AvgIpc) is 3.15. The zero-order valence-electron chi connectivity index (χ0n) is 12.7. The van der Waals surface area contributed by atoms with Crippen LogP contribution in [0.1, 0.15) is 29.6 Å². The Labute approximate surface area is 133 Å². The predicted molar refractivity (Wildman–Crippen MR) is 85.1 cm³/mol. The molecule has 2 N–H and O–H groups in total. The first kappa shape index (κ1) is 14.5. The normalized spacial score (nSPS) is 29.1. The molecule has 5 nitrogen and oxygen atoms in total. The Balaban J connectivity index is 1.62. The molecule has 2 bridgehead atoms. The van der Waals surface area contributed by atoms with Gasteiger partial charge in [0.15, 0.2) is 0 Å². The maximum Gasteiger partial charge on any atom is 0.349 e. The molecule has 2 aromatic rings. The van der Waals surface area contributed by atoms with Crippen molar-refractivity contribution in [3.8, 4) is 0 Å². The number of aliphatic hydroxyl groups excluding tert-OH is 1. The van der Waals surface area contributed by atoms with E-state index in [0.29, 0.717) is 17.4 Å². The maximum absolute atomic E-state index is 12.6. The Morgan fingerprint density at radius 3 is 2.87 bits per heavy atom. The van der Waals surface area contributed by atoms with E-state index in [1.165, 1.54) is 0 Å². The van der Waals surface area contributed by atoms with Gasteiger partial charge in [0, 0.05) is 24.0 Å². The van der Waals surface area contributed by atoms with Gasteiger partial charge in [0.25, 0.3) is 5.91 Å². The lowest BCUT2D eigenvalue weighted by atomic mass is 9.85. The second kappa shape index (κ2) is 5.49. The number of carbonyl (C=O) groups excluding carboxylic acids is 1. The molecule has 1 aromatic carbocycles. The SMILES string of the molecule is O=C(NC1C2CCC(C2)C1CO)c1cc2ccccc2oc1=O. The van der Waals surface area contributed by atoms with Crippen LogP contribution in [0.25, 0.3) is 11.0 Å². The number of fused-ring (bicyclic) bond motifs is 3. The molecular weight excluding hydrogens is 294 g/mol. The molecule has 0 saturated heterocycles. The van der Waals surface area contributed by atoms with Crippen LogP contribution in [-0.2, 0) is 0 Å². The van der Waals surface area contributed by atoms with Crippen molar-refractivity contribution >= 4 is 16.9 Å². The highest BCUT2D eigenvalue weighted by atomic mass is 16.4. The summed E-state index contributed by atoms with van der Waals surface area (Å²) in [6.45, 7) is 0.0818. The predicted octanol–water partition coefficient (Wildman–Crippen LogP) is 1.93. The number of rotatable bonds is 3. The van der Waals surface area contributed by atoms with Crippen LogP contribution in [0, 0.1) is 17.8 Å². The van der Waals surface area contributed by atoms with Gasteiger partial charge in [0.2, 0.25) is 0 Å². The van der Waals surface area contributed by atoms with Crippen molar-refractivity contribution in [3.63, 3.8) is 0 Å². The van der Waals surface area contributed by atoms with Crippen LogP contribution < -0.4 is 10.9 Å². The van der Waals surface area contributed by atoms with E-state index < -0.39 is 11.5 Å². The van der Waals surface area contributed by atoms with Crippen molar-refractivity contribution < 1.29 is 14.3 Å². The lowest BCUT2D eigenvalue weighted by molar-refractivity contribution is 0.0858.